The first-order valence-electron chi connectivity index (χ1n) is 8.98. The summed E-state index contributed by atoms with van der Waals surface area (Å²) in [4.78, 5) is 27.9. The number of thiocarbonyl (C=S) groups is 1. The second kappa shape index (κ2) is 10.6. The van der Waals surface area contributed by atoms with E-state index in [0.29, 0.717) is 37.9 Å². The summed E-state index contributed by atoms with van der Waals surface area (Å²) in [5.41, 5.74) is 0.625. The molecule has 1 fully saturated rings. The molecule has 29 heavy (non-hydrogen) atoms. The van der Waals surface area contributed by atoms with E-state index in [4.69, 9.17) is 35.4 Å². The van der Waals surface area contributed by atoms with Crippen LogP contribution in [0.15, 0.2) is 40.6 Å². The summed E-state index contributed by atoms with van der Waals surface area (Å²) in [5.74, 6) is -0.112. The van der Waals surface area contributed by atoms with Gasteiger partial charge in [-0.1, -0.05) is 59.7 Å². The maximum atomic E-state index is 12.5. The third-order valence-electron chi connectivity index (χ3n) is 4.18. The van der Waals surface area contributed by atoms with E-state index >= 15 is 0 Å². The maximum Gasteiger partial charge on any atom is 0.266 e. The van der Waals surface area contributed by atoms with Crippen molar-refractivity contribution in [1.29, 1.82) is 0 Å². The van der Waals surface area contributed by atoms with Crippen molar-refractivity contribution in [2.45, 2.75) is 25.7 Å². The normalized spacial score (nSPS) is 15.4. The number of hydrogen-bond acceptors (Lipinski definition) is 5. The average molecular weight is 485 g/mol. The zero-order chi connectivity index (χ0) is 20.8. The van der Waals surface area contributed by atoms with Gasteiger partial charge in [-0.05, 0) is 48.6 Å². The van der Waals surface area contributed by atoms with Gasteiger partial charge in [0.25, 0.3) is 5.91 Å². The number of unbranched alkanes of at least 4 members (excludes halogenated alkanes) is 2. The van der Waals surface area contributed by atoms with Gasteiger partial charge in [0.15, 0.2) is 0 Å². The molecule has 1 aromatic carbocycles. The standard InChI is InChI=1S/C20H18Cl2N2O2S3/c21-15-8-7-13(11-16(15)22)23-18(25)6-2-1-3-9-24-19(26)17(29-20(24)27)12-14-5-4-10-28-14/h4-5,7-8,10-12H,1-3,6,9H2,(H,23,25)/b17-12+. The molecule has 3 rings (SSSR count). The minimum Gasteiger partial charge on any atom is -0.326 e. The number of amides is 2. The third kappa shape index (κ3) is 6.30. The zero-order valence-electron chi connectivity index (χ0n) is 15.3. The van der Waals surface area contributed by atoms with Gasteiger partial charge in [-0.3, -0.25) is 14.5 Å². The van der Waals surface area contributed by atoms with Gasteiger partial charge in [-0.2, -0.15) is 0 Å². The molecule has 4 nitrogen and oxygen atoms in total. The molecule has 2 heterocycles. The van der Waals surface area contributed by atoms with Crippen molar-refractivity contribution < 1.29 is 9.59 Å². The molecule has 1 aliphatic rings. The minimum atomic E-state index is -0.0760. The molecular formula is C20H18Cl2N2O2S3. The third-order valence-corrected chi connectivity index (χ3v) is 7.12. The monoisotopic (exact) mass is 484 g/mol. The number of anilines is 1. The number of thioether (sulfide) groups is 1. The highest BCUT2D eigenvalue weighted by Gasteiger charge is 2.31. The Morgan fingerprint density at radius 1 is 1.17 bits per heavy atom. The van der Waals surface area contributed by atoms with Crippen molar-refractivity contribution >= 4 is 86.4 Å². The van der Waals surface area contributed by atoms with E-state index in [1.165, 1.54) is 11.8 Å². The van der Waals surface area contributed by atoms with Crippen LogP contribution in [-0.4, -0.2) is 27.6 Å². The van der Waals surface area contributed by atoms with E-state index in [1.54, 1.807) is 34.4 Å². The van der Waals surface area contributed by atoms with Crippen LogP contribution in [0, 0.1) is 0 Å². The number of hydrogen-bond donors (Lipinski definition) is 1. The fourth-order valence-electron chi connectivity index (χ4n) is 2.72. The minimum absolute atomic E-state index is 0.0363. The van der Waals surface area contributed by atoms with E-state index in [0.717, 1.165) is 24.1 Å². The molecule has 0 bridgehead atoms. The van der Waals surface area contributed by atoms with E-state index in [9.17, 15) is 9.59 Å². The molecule has 1 N–H and O–H groups in total. The molecule has 9 heteroatoms. The molecule has 1 saturated heterocycles. The molecular weight excluding hydrogens is 467 g/mol. The van der Waals surface area contributed by atoms with E-state index in [1.807, 2.05) is 23.6 Å². The number of carbonyl (C=O) groups is 2. The van der Waals surface area contributed by atoms with Crippen molar-refractivity contribution in [3.05, 3.63) is 55.5 Å². The Bertz CT molecular complexity index is 945. The highest BCUT2D eigenvalue weighted by atomic mass is 35.5. The molecule has 0 atom stereocenters. The number of halogens is 2. The van der Waals surface area contributed by atoms with Crippen molar-refractivity contribution in [2.24, 2.45) is 0 Å². The molecule has 0 aliphatic carbocycles. The summed E-state index contributed by atoms with van der Waals surface area (Å²) in [6.45, 7) is 0.570. The van der Waals surface area contributed by atoms with Crippen LogP contribution in [-0.2, 0) is 9.59 Å². The summed E-state index contributed by atoms with van der Waals surface area (Å²) < 4.78 is 0.593. The van der Waals surface area contributed by atoms with Gasteiger partial charge in [-0.15, -0.1) is 11.3 Å². The summed E-state index contributed by atoms with van der Waals surface area (Å²) >= 11 is 20.1. The van der Waals surface area contributed by atoms with Gasteiger partial charge >= 0.3 is 0 Å². The van der Waals surface area contributed by atoms with Crippen LogP contribution >= 0.6 is 58.5 Å². The molecule has 0 saturated carbocycles. The Morgan fingerprint density at radius 3 is 2.72 bits per heavy atom. The lowest BCUT2D eigenvalue weighted by Gasteiger charge is -2.14. The molecule has 2 aromatic rings. The van der Waals surface area contributed by atoms with E-state index in [2.05, 4.69) is 5.32 Å². The highest BCUT2D eigenvalue weighted by Crippen LogP contribution is 2.33. The highest BCUT2D eigenvalue weighted by molar-refractivity contribution is 8.26. The summed E-state index contributed by atoms with van der Waals surface area (Å²) in [6.07, 6.45) is 4.63. The van der Waals surface area contributed by atoms with Crippen molar-refractivity contribution in [1.82, 2.24) is 4.90 Å². The lowest BCUT2D eigenvalue weighted by molar-refractivity contribution is -0.122. The lowest BCUT2D eigenvalue weighted by atomic mass is 10.1. The van der Waals surface area contributed by atoms with E-state index < -0.39 is 0 Å². The van der Waals surface area contributed by atoms with Gasteiger partial charge < -0.3 is 5.32 Å². The Kier molecular flexibility index (Phi) is 8.15. The summed E-state index contributed by atoms with van der Waals surface area (Å²) in [5, 5.41) is 5.64. The quantitative estimate of drug-likeness (QED) is 0.265. The molecule has 0 spiro atoms. The van der Waals surface area contributed by atoms with Gasteiger partial charge in [0, 0.05) is 23.5 Å². The van der Waals surface area contributed by atoms with Gasteiger partial charge in [-0.25, -0.2) is 0 Å². The van der Waals surface area contributed by atoms with Crippen LogP contribution in [0.4, 0.5) is 5.69 Å². The first-order valence-corrected chi connectivity index (χ1v) is 11.8. The average Bonchev–Trinajstić information content (AvgIpc) is 3.28. The smallest absolute Gasteiger partial charge is 0.266 e. The fraction of sp³-hybridized carbons (Fsp3) is 0.250. The van der Waals surface area contributed by atoms with Gasteiger partial charge in [0.1, 0.15) is 4.32 Å². The molecule has 2 amide bonds. The topological polar surface area (TPSA) is 49.4 Å². The molecule has 152 valence electrons. The first-order chi connectivity index (χ1) is 13.9. The zero-order valence-corrected chi connectivity index (χ0v) is 19.3. The van der Waals surface area contributed by atoms with Crippen molar-refractivity contribution in [3.8, 4) is 0 Å². The van der Waals surface area contributed by atoms with Gasteiger partial charge in [0.05, 0.1) is 15.0 Å². The fourth-order valence-corrected chi connectivity index (χ4v) is 5.05. The van der Waals surface area contributed by atoms with Crippen LogP contribution in [0.1, 0.15) is 30.6 Å². The van der Waals surface area contributed by atoms with Crippen LogP contribution < -0.4 is 5.32 Å². The number of rotatable bonds is 8. The van der Waals surface area contributed by atoms with Crippen molar-refractivity contribution in [2.75, 3.05) is 11.9 Å². The van der Waals surface area contributed by atoms with Crippen LogP contribution in [0.3, 0.4) is 0 Å². The number of thiophene rings is 1. The van der Waals surface area contributed by atoms with Crippen molar-refractivity contribution in [3.63, 3.8) is 0 Å². The molecule has 0 unspecified atom stereocenters. The predicted octanol–water partition coefficient (Wildman–Crippen LogP) is 6.46. The molecule has 1 aromatic heterocycles. The van der Waals surface area contributed by atoms with Crippen LogP contribution in [0.5, 0.6) is 0 Å². The van der Waals surface area contributed by atoms with Crippen LogP contribution in [0.25, 0.3) is 6.08 Å². The lowest BCUT2D eigenvalue weighted by Crippen LogP contribution is -2.29. The number of nitrogens with one attached hydrogen (secondary N) is 1. The molecule has 0 radical (unpaired) electrons. The van der Waals surface area contributed by atoms with E-state index in [-0.39, 0.29) is 11.8 Å². The number of benzene rings is 1. The Balaban J connectivity index is 1.39. The number of nitrogens with zero attached hydrogens (tertiary/aromatic N) is 1. The van der Waals surface area contributed by atoms with Gasteiger partial charge in [0.2, 0.25) is 5.91 Å². The maximum absolute atomic E-state index is 12.5. The number of carbonyl (C=O) groups excluding carboxylic acids is 2. The second-order valence-electron chi connectivity index (χ2n) is 6.34. The SMILES string of the molecule is O=C(CCCCCN1C(=O)/C(=C\c2cccs2)SC1=S)Nc1ccc(Cl)c(Cl)c1. The Labute approximate surface area is 193 Å². The Hall–Kier alpha value is -1.38. The predicted molar refractivity (Wildman–Crippen MR) is 128 cm³/mol. The van der Waals surface area contributed by atoms with Crippen LogP contribution in [0.2, 0.25) is 10.0 Å². The second-order valence-corrected chi connectivity index (χ2v) is 9.81. The summed E-state index contributed by atoms with van der Waals surface area (Å²) in [7, 11) is 0. The molecule has 1 aliphatic heterocycles. The Morgan fingerprint density at radius 2 is 2.00 bits per heavy atom. The first kappa shape index (κ1) is 22.3. The largest absolute Gasteiger partial charge is 0.326 e. The summed E-state index contributed by atoms with van der Waals surface area (Å²) in [6, 6.07) is 8.91.